The number of nitrogens with one attached hydrogen (secondary N) is 1. The third-order valence-electron chi connectivity index (χ3n) is 5.29. The molecular formula is C17H33N3O2. The van der Waals surface area contributed by atoms with Crippen LogP contribution >= 0.6 is 0 Å². The minimum Gasteiger partial charge on any atom is -0.396 e. The zero-order valence-electron chi connectivity index (χ0n) is 14.3. The van der Waals surface area contributed by atoms with Crippen LogP contribution in [0.2, 0.25) is 0 Å². The summed E-state index contributed by atoms with van der Waals surface area (Å²) in [5.74, 6) is 0.436. The topological polar surface area (TPSA) is 55.8 Å². The highest BCUT2D eigenvalue weighted by molar-refractivity contribution is 5.74. The molecule has 1 saturated carbocycles. The average Bonchev–Trinajstić information content (AvgIpc) is 2.55. The Hall–Kier alpha value is -0.810. The van der Waals surface area contributed by atoms with E-state index >= 15 is 0 Å². The lowest BCUT2D eigenvalue weighted by atomic mass is 9.86. The standard InChI is InChI=1S/C17H33N3O2/c1-14(12-20-10-4-3-5-11-20)18-17(22)19(2)16-8-6-15(13-21)7-9-16/h14-16,21H,3-13H2,1-2H3,(H,18,22). The number of rotatable bonds is 5. The van der Waals surface area contributed by atoms with Crippen LogP contribution in [0.1, 0.15) is 51.9 Å². The van der Waals surface area contributed by atoms with Gasteiger partial charge in [-0.2, -0.15) is 0 Å². The molecule has 22 heavy (non-hydrogen) atoms. The number of carbonyl (C=O) groups excluding carboxylic acids is 1. The Labute approximate surface area is 135 Å². The summed E-state index contributed by atoms with van der Waals surface area (Å²) in [4.78, 5) is 16.7. The number of hydrogen-bond acceptors (Lipinski definition) is 3. The maximum atomic E-state index is 12.4. The molecule has 0 bridgehead atoms. The second kappa shape index (κ2) is 8.73. The monoisotopic (exact) mass is 311 g/mol. The van der Waals surface area contributed by atoms with Gasteiger partial charge in [-0.05, 0) is 64.5 Å². The van der Waals surface area contributed by atoms with Crippen molar-refractivity contribution in [3.63, 3.8) is 0 Å². The van der Waals surface area contributed by atoms with Gasteiger partial charge in [0.1, 0.15) is 0 Å². The Balaban J connectivity index is 1.71. The van der Waals surface area contributed by atoms with Crippen molar-refractivity contribution in [2.75, 3.05) is 33.3 Å². The lowest BCUT2D eigenvalue weighted by Gasteiger charge is -2.35. The highest BCUT2D eigenvalue weighted by Crippen LogP contribution is 2.26. The van der Waals surface area contributed by atoms with E-state index in [1.165, 1.54) is 32.4 Å². The number of piperidine rings is 1. The zero-order chi connectivity index (χ0) is 15.9. The molecule has 0 aromatic carbocycles. The van der Waals surface area contributed by atoms with Gasteiger partial charge in [0, 0.05) is 32.3 Å². The Morgan fingerprint density at radius 2 is 1.86 bits per heavy atom. The minimum absolute atomic E-state index is 0.0527. The smallest absolute Gasteiger partial charge is 0.317 e. The lowest BCUT2D eigenvalue weighted by molar-refractivity contribution is 0.131. The largest absolute Gasteiger partial charge is 0.396 e. The summed E-state index contributed by atoms with van der Waals surface area (Å²) in [6.07, 6.45) is 8.00. The van der Waals surface area contributed by atoms with E-state index in [0.717, 1.165) is 32.2 Å². The number of amides is 2. The van der Waals surface area contributed by atoms with Gasteiger partial charge in [0.15, 0.2) is 0 Å². The van der Waals surface area contributed by atoms with Crippen molar-refractivity contribution in [1.29, 1.82) is 0 Å². The van der Waals surface area contributed by atoms with Crippen LogP contribution in [0.5, 0.6) is 0 Å². The number of likely N-dealkylation sites (tertiary alicyclic amines) is 1. The molecule has 2 fully saturated rings. The van der Waals surface area contributed by atoms with Crippen LogP contribution in [0.25, 0.3) is 0 Å². The number of carbonyl (C=O) groups is 1. The molecule has 1 heterocycles. The number of aliphatic hydroxyl groups excluding tert-OH is 1. The first-order chi connectivity index (χ1) is 10.6. The van der Waals surface area contributed by atoms with E-state index in [0.29, 0.717) is 12.0 Å². The van der Waals surface area contributed by atoms with Crippen molar-refractivity contribution in [2.45, 2.75) is 64.0 Å². The summed E-state index contributed by atoms with van der Waals surface area (Å²) in [7, 11) is 1.91. The van der Waals surface area contributed by atoms with Crippen molar-refractivity contribution in [3.8, 4) is 0 Å². The van der Waals surface area contributed by atoms with E-state index in [2.05, 4.69) is 17.1 Å². The third kappa shape index (κ3) is 5.13. The summed E-state index contributed by atoms with van der Waals surface area (Å²) in [6.45, 7) is 5.68. The van der Waals surface area contributed by atoms with E-state index < -0.39 is 0 Å². The molecule has 1 saturated heterocycles. The first kappa shape index (κ1) is 17.5. The van der Waals surface area contributed by atoms with E-state index in [1.807, 2.05) is 11.9 Å². The molecule has 1 aliphatic carbocycles. The maximum Gasteiger partial charge on any atom is 0.317 e. The molecule has 2 rings (SSSR count). The van der Waals surface area contributed by atoms with Gasteiger partial charge in [0.2, 0.25) is 0 Å². The summed E-state index contributed by atoms with van der Waals surface area (Å²) in [6, 6.07) is 0.573. The molecule has 1 aliphatic heterocycles. The van der Waals surface area contributed by atoms with E-state index in [4.69, 9.17) is 0 Å². The summed E-state index contributed by atoms with van der Waals surface area (Å²) >= 11 is 0. The summed E-state index contributed by atoms with van der Waals surface area (Å²) in [5, 5.41) is 12.3. The van der Waals surface area contributed by atoms with Gasteiger partial charge >= 0.3 is 6.03 Å². The highest BCUT2D eigenvalue weighted by atomic mass is 16.3. The quantitative estimate of drug-likeness (QED) is 0.817. The normalized spacial score (nSPS) is 28.1. The van der Waals surface area contributed by atoms with Crippen molar-refractivity contribution < 1.29 is 9.90 Å². The lowest BCUT2D eigenvalue weighted by Crippen LogP contribution is -2.50. The van der Waals surface area contributed by atoms with Gasteiger partial charge in [0.25, 0.3) is 0 Å². The van der Waals surface area contributed by atoms with Gasteiger partial charge in [-0.15, -0.1) is 0 Å². The predicted octanol–water partition coefficient (Wildman–Crippen LogP) is 2.05. The second-order valence-corrected chi connectivity index (χ2v) is 7.18. The minimum atomic E-state index is 0.0527. The molecule has 2 aliphatic rings. The van der Waals surface area contributed by atoms with Crippen molar-refractivity contribution in [1.82, 2.24) is 15.1 Å². The Morgan fingerprint density at radius 3 is 2.45 bits per heavy atom. The molecule has 1 unspecified atom stereocenters. The molecule has 5 nitrogen and oxygen atoms in total. The van der Waals surface area contributed by atoms with Gasteiger partial charge in [-0.3, -0.25) is 0 Å². The SMILES string of the molecule is CC(CN1CCCCC1)NC(=O)N(C)C1CCC(CO)CC1. The molecule has 0 aromatic heterocycles. The molecule has 128 valence electrons. The number of hydrogen-bond donors (Lipinski definition) is 2. The van der Waals surface area contributed by atoms with Gasteiger partial charge < -0.3 is 20.2 Å². The van der Waals surface area contributed by atoms with E-state index in [9.17, 15) is 9.90 Å². The molecular weight excluding hydrogens is 278 g/mol. The average molecular weight is 311 g/mol. The molecule has 0 aromatic rings. The molecule has 5 heteroatoms. The van der Waals surface area contributed by atoms with Crippen molar-refractivity contribution in [2.24, 2.45) is 5.92 Å². The van der Waals surface area contributed by atoms with Crippen LogP contribution in [-0.2, 0) is 0 Å². The fourth-order valence-corrected chi connectivity index (χ4v) is 3.77. The van der Waals surface area contributed by atoms with Crippen LogP contribution in [-0.4, -0.2) is 66.3 Å². The molecule has 0 spiro atoms. The molecule has 2 N–H and O–H groups in total. The Bertz CT molecular complexity index is 337. The Morgan fingerprint density at radius 1 is 1.23 bits per heavy atom. The maximum absolute atomic E-state index is 12.4. The number of nitrogens with zero attached hydrogens (tertiary/aromatic N) is 2. The third-order valence-corrected chi connectivity index (χ3v) is 5.29. The fraction of sp³-hybridized carbons (Fsp3) is 0.941. The zero-order valence-corrected chi connectivity index (χ0v) is 14.3. The molecule has 1 atom stereocenters. The van der Waals surface area contributed by atoms with Gasteiger partial charge in [0.05, 0.1) is 0 Å². The number of urea groups is 1. The molecule has 2 amide bonds. The van der Waals surface area contributed by atoms with Crippen LogP contribution in [0.4, 0.5) is 4.79 Å². The highest BCUT2D eigenvalue weighted by Gasteiger charge is 2.27. The predicted molar refractivity (Wildman–Crippen MR) is 88.9 cm³/mol. The summed E-state index contributed by atoms with van der Waals surface area (Å²) < 4.78 is 0. The first-order valence-electron chi connectivity index (χ1n) is 8.96. The van der Waals surface area contributed by atoms with Crippen LogP contribution < -0.4 is 5.32 Å². The fourth-order valence-electron chi connectivity index (χ4n) is 3.77. The second-order valence-electron chi connectivity index (χ2n) is 7.18. The van der Waals surface area contributed by atoms with Gasteiger partial charge in [-0.25, -0.2) is 4.79 Å². The van der Waals surface area contributed by atoms with Crippen molar-refractivity contribution in [3.05, 3.63) is 0 Å². The van der Waals surface area contributed by atoms with Crippen molar-refractivity contribution >= 4 is 6.03 Å². The first-order valence-corrected chi connectivity index (χ1v) is 8.96. The van der Waals surface area contributed by atoms with E-state index in [1.54, 1.807) is 0 Å². The number of aliphatic hydroxyl groups is 1. The van der Waals surface area contributed by atoms with E-state index in [-0.39, 0.29) is 18.7 Å². The van der Waals surface area contributed by atoms with Crippen LogP contribution in [0, 0.1) is 5.92 Å². The van der Waals surface area contributed by atoms with Gasteiger partial charge in [-0.1, -0.05) is 6.42 Å². The van der Waals surface area contributed by atoms with Crippen LogP contribution in [0.15, 0.2) is 0 Å². The summed E-state index contributed by atoms with van der Waals surface area (Å²) in [5.41, 5.74) is 0. The van der Waals surface area contributed by atoms with Crippen LogP contribution in [0.3, 0.4) is 0 Å². The Kier molecular flexibility index (Phi) is 6.96. The molecule has 0 radical (unpaired) electrons.